The lowest BCUT2D eigenvalue weighted by Gasteiger charge is -2.16. The number of Topliss-reactive ketones (excluding diaryl/α,β-unsaturated/α-hetero) is 1. The van der Waals surface area contributed by atoms with Crippen LogP contribution in [-0.2, 0) is 22.6 Å². The Morgan fingerprint density at radius 2 is 1.80 bits per heavy atom. The summed E-state index contributed by atoms with van der Waals surface area (Å²) in [6, 6.07) is 17.2. The highest BCUT2D eigenvalue weighted by atomic mass is 32.1. The molecule has 0 N–H and O–H groups in total. The van der Waals surface area contributed by atoms with Gasteiger partial charge in [-0.05, 0) is 50.0 Å². The summed E-state index contributed by atoms with van der Waals surface area (Å²) < 4.78 is 23.9. The van der Waals surface area contributed by atoms with Crippen molar-refractivity contribution in [2.75, 3.05) is 32.6 Å². The summed E-state index contributed by atoms with van der Waals surface area (Å²) in [7, 11) is 5.69. The first-order valence-corrected chi connectivity index (χ1v) is 13.9. The van der Waals surface area contributed by atoms with Crippen LogP contribution in [0.1, 0.15) is 12.0 Å². The zero-order chi connectivity index (χ0) is 28.9. The predicted molar refractivity (Wildman–Crippen MR) is 159 cm³/mol. The molecular weight excluding hydrogens is 541 g/mol. The van der Waals surface area contributed by atoms with Crippen LogP contribution >= 0.6 is 11.3 Å². The summed E-state index contributed by atoms with van der Waals surface area (Å²) in [6.45, 7) is 1.74. The Bertz CT molecular complexity index is 1680. The second-order valence-electron chi connectivity index (χ2n) is 9.98. The van der Waals surface area contributed by atoms with Crippen molar-refractivity contribution in [3.8, 4) is 22.1 Å². The van der Waals surface area contributed by atoms with Gasteiger partial charge in [-0.2, -0.15) is 0 Å². The lowest BCUT2D eigenvalue weighted by atomic mass is 10.1. The number of hydrogen-bond acceptors (Lipinski definition) is 7. The quantitative estimate of drug-likeness (QED) is 0.186. The van der Waals surface area contributed by atoms with Crippen molar-refractivity contribution in [3.05, 3.63) is 90.8 Å². The summed E-state index contributed by atoms with van der Waals surface area (Å²) in [4.78, 5) is 38.6. The Morgan fingerprint density at radius 1 is 1.00 bits per heavy atom. The van der Waals surface area contributed by atoms with Gasteiger partial charge in [-0.15, -0.1) is 11.3 Å². The Labute approximate surface area is 241 Å². The number of thiophene rings is 1. The number of aromatic nitrogens is 3. The second kappa shape index (κ2) is 12.4. The van der Waals surface area contributed by atoms with E-state index in [0.29, 0.717) is 17.0 Å². The number of halogens is 1. The van der Waals surface area contributed by atoms with Crippen LogP contribution in [0.15, 0.2) is 79.4 Å². The minimum Gasteiger partial charge on any atom is -0.453 e. The number of likely N-dealkylation sites (N-methyl/N-ethyl adjacent to an activating group) is 1. The first kappa shape index (κ1) is 28.1. The van der Waals surface area contributed by atoms with Crippen molar-refractivity contribution in [1.82, 2.24) is 19.4 Å². The molecule has 0 unspecified atom stereocenters. The molecule has 10 heteroatoms. The van der Waals surface area contributed by atoms with Gasteiger partial charge in [-0.3, -0.25) is 14.6 Å². The van der Waals surface area contributed by atoms with E-state index in [1.807, 2.05) is 55.5 Å². The van der Waals surface area contributed by atoms with E-state index in [2.05, 4.69) is 14.9 Å². The second-order valence-corrected chi connectivity index (χ2v) is 11.0. The number of ether oxygens (including phenoxy) is 1. The molecule has 0 saturated carbocycles. The first-order chi connectivity index (χ1) is 19.8. The molecular formula is C31H30FN5O3S. The molecule has 3 heterocycles. The maximum absolute atomic E-state index is 15.1. The normalized spacial score (nSPS) is 11.2. The van der Waals surface area contributed by atoms with E-state index in [1.165, 1.54) is 28.4 Å². The molecule has 0 fully saturated rings. The SMILES string of the molecule is CN(C)CCn1cnc(-c2cc3nccc(Oc4ccc(CC(=O)CC(=O)N(C)c5ccccc5)cc4F)c3s2)c1. The van der Waals surface area contributed by atoms with Gasteiger partial charge in [-0.1, -0.05) is 24.3 Å². The van der Waals surface area contributed by atoms with Gasteiger partial charge >= 0.3 is 0 Å². The number of rotatable bonds is 11. The highest BCUT2D eigenvalue weighted by Gasteiger charge is 2.18. The van der Waals surface area contributed by atoms with Crippen LogP contribution in [0.25, 0.3) is 20.8 Å². The van der Waals surface area contributed by atoms with Gasteiger partial charge in [-0.25, -0.2) is 9.37 Å². The van der Waals surface area contributed by atoms with E-state index < -0.39 is 5.82 Å². The van der Waals surface area contributed by atoms with Crippen LogP contribution in [0.2, 0.25) is 0 Å². The number of fused-ring (bicyclic) bond motifs is 1. The van der Waals surface area contributed by atoms with E-state index >= 15 is 4.39 Å². The topological polar surface area (TPSA) is 80.6 Å². The minimum atomic E-state index is -0.593. The molecule has 0 radical (unpaired) electrons. The van der Waals surface area contributed by atoms with Gasteiger partial charge in [0.25, 0.3) is 0 Å². The number of hydrogen-bond donors (Lipinski definition) is 0. The zero-order valence-corrected chi connectivity index (χ0v) is 23.9. The van der Waals surface area contributed by atoms with Crippen molar-refractivity contribution < 1.29 is 18.7 Å². The Balaban J connectivity index is 1.25. The smallest absolute Gasteiger partial charge is 0.234 e. The van der Waals surface area contributed by atoms with Crippen LogP contribution in [0, 0.1) is 5.82 Å². The number of carbonyl (C=O) groups excluding carboxylic acids is 2. The maximum Gasteiger partial charge on any atom is 0.234 e. The molecule has 0 saturated heterocycles. The van der Waals surface area contributed by atoms with Crippen molar-refractivity contribution in [3.63, 3.8) is 0 Å². The Morgan fingerprint density at radius 3 is 2.56 bits per heavy atom. The number of amides is 1. The third-order valence-corrected chi connectivity index (χ3v) is 7.71. The van der Waals surface area contributed by atoms with Crippen molar-refractivity contribution in [1.29, 1.82) is 0 Å². The third-order valence-electron chi connectivity index (χ3n) is 6.55. The van der Waals surface area contributed by atoms with Crippen molar-refractivity contribution in [2.45, 2.75) is 19.4 Å². The number of nitrogens with zero attached hydrogens (tertiary/aromatic N) is 5. The number of pyridine rings is 1. The average Bonchev–Trinajstić information content (AvgIpc) is 3.61. The lowest BCUT2D eigenvalue weighted by Crippen LogP contribution is -2.28. The average molecular weight is 572 g/mol. The maximum atomic E-state index is 15.1. The first-order valence-electron chi connectivity index (χ1n) is 13.1. The number of para-hydroxylation sites is 1. The summed E-state index contributed by atoms with van der Waals surface area (Å²) in [5.74, 6) is -0.688. The molecule has 1 amide bonds. The predicted octanol–water partition coefficient (Wildman–Crippen LogP) is 5.82. The molecule has 3 aromatic heterocycles. The molecule has 0 spiro atoms. The molecule has 2 aromatic carbocycles. The van der Waals surface area contributed by atoms with E-state index in [1.54, 1.807) is 37.5 Å². The van der Waals surface area contributed by atoms with Gasteiger partial charge < -0.3 is 19.1 Å². The number of carbonyl (C=O) groups is 2. The molecule has 0 aliphatic carbocycles. The fourth-order valence-corrected chi connectivity index (χ4v) is 5.30. The molecule has 5 rings (SSSR count). The highest BCUT2D eigenvalue weighted by Crippen LogP contribution is 2.39. The molecule has 5 aromatic rings. The Hall–Kier alpha value is -4.41. The van der Waals surface area contributed by atoms with Gasteiger partial charge in [0, 0.05) is 50.7 Å². The van der Waals surface area contributed by atoms with Crippen molar-refractivity contribution >= 4 is 38.9 Å². The van der Waals surface area contributed by atoms with Crippen LogP contribution < -0.4 is 9.64 Å². The monoisotopic (exact) mass is 571 g/mol. The largest absolute Gasteiger partial charge is 0.453 e. The molecule has 8 nitrogen and oxygen atoms in total. The zero-order valence-electron chi connectivity index (χ0n) is 23.1. The summed E-state index contributed by atoms with van der Waals surface area (Å²) in [6.07, 6.45) is 5.11. The van der Waals surface area contributed by atoms with Crippen LogP contribution in [0.3, 0.4) is 0 Å². The summed E-state index contributed by atoms with van der Waals surface area (Å²) in [5, 5.41) is 0. The van der Waals surface area contributed by atoms with E-state index in [4.69, 9.17) is 4.74 Å². The standard InChI is InChI=1S/C31H30FN5O3S/c1-35(2)13-14-37-19-26(34-20-37)29-18-25-31(41-29)28(11-12-33-25)40-27-10-9-21(16-24(27)32)15-23(38)17-30(39)36(3)22-7-5-4-6-8-22/h4-12,16,18-20H,13-15,17H2,1-3H3. The molecule has 0 aliphatic heterocycles. The molecule has 41 heavy (non-hydrogen) atoms. The summed E-state index contributed by atoms with van der Waals surface area (Å²) >= 11 is 1.48. The number of ketones is 1. The lowest BCUT2D eigenvalue weighted by molar-refractivity contribution is -0.126. The number of benzene rings is 2. The molecule has 0 atom stereocenters. The highest BCUT2D eigenvalue weighted by molar-refractivity contribution is 7.22. The fourth-order valence-electron chi connectivity index (χ4n) is 4.28. The summed E-state index contributed by atoms with van der Waals surface area (Å²) in [5.41, 5.74) is 2.75. The molecule has 210 valence electrons. The third kappa shape index (κ3) is 6.85. The van der Waals surface area contributed by atoms with E-state index in [-0.39, 0.29) is 30.3 Å². The van der Waals surface area contributed by atoms with Crippen LogP contribution in [0.4, 0.5) is 10.1 Å². The fraction of sp³-hybridized carbons (Fsp3) is 0.226. The van der Waals surface area contributed by atoms with E-state index in [9.17, 15) is 9.59 Å². The number of imidazole rings is 1. The van der Waals surface area contributed by atoms with Crippen LogP contribution in [-0.4, -0.2) is 58.8 Å². The minimum absolute atomic E-state index is 0.0384. The van der Waals surface area contributed by atoms with Gasteiger partial charge in [0.15, 0.2) is 11.6 Å². The van der Waals surface area contributed by atoms with Crippen molar-refractivity contribution in [2.24, 2.45) is 0 Å². The van der Waals surface area contributed by atoms with Gasteiger partial charge in [0.2, 0.25) is 5.91 Å². The van der Waals surface area contributed by atoms with Gasteiger partial charge in [0.05, 0.1) is 33.5 Å². The number of anilines is 1. The van der Waals surface area contributed by atoms with E-state index in [0.717, 1.165) is 33.9 Å². The Kier molecular flexibility index (Phi) is 8.51. The molecule has 0 aliphatic rings. The van der Waals surface area contributed by atoms with Gasteiger partial charge in [0.1, 0.15) is 11.5 Å². The molecule has 0 bridgehead atoms. The van der Waals surface area contributed by atoms with Crippen LogP contribution in [0.5, 0.6) is 11.5 Å².